The first kappa shape index (κ1) is 20.9. The summed E-state index contributed by atoms with van der Waals surface area (Å²) >= 11 is 1.69. The third-order valence-electron chi connectivity index (χ3n) is 6.77. The molecule has 8 heteroatoms. The van der Waals surface area contributed by atoms with E-state index in [4.69, 9.17) is 4.74 Å². The number of nitrogens with one attached hydrogen (secondary N) is 1. The van der Waals surface area contributed by atoms with Crippen molar-refractivity contribution < 1.29 is 9.53 Å². The Bertz CT molecular complexity index is 1250. The van der Waals surface area contributed by atoms with Gasteiger partial charge in [-0.3, -0.25) is 9.79 Å². The number of thiophene rings is 1. The van der Waals surface area contributed by atoms with Gasteiger partial charge in [0.15, 0.2) is 0 Å². The van der Waals surface area contributed by atoms with Gasteiger partial charge in [0.05, 0.1) is 30.1 Å². The van der Waals surface area contributed by atoms with Gasteiger partial charge in [0.2, 0.25) is 5.91 Å². The van der Waals surface area contributed by atoms with Gasteiger partial charge in [-0.15, -0.1) is 11.3 Å². The molecular weight excluding hydrogens is 422 g/mol. The number of rotatable bonds is 5. The Kier molecular flexibility index (Phi) is 5.12. The molecular formula is C24H27N5O2S. The highest BCUT2D eigenvalue weighted by molar-refractivity contribution is 7.19. The zero-order valence-electron chi connectivity index (χ0n) is 18.9. The summed E-state index contributed by atoms with van der Waals surface area (Å²) in [6, 6.07) is 4.10. The summed E-state index contributed by atoms with van der Waals surface area (Å²) in [5, 5.41) is 4.56. The molecule has 0 bridgehead atoms. The first-order valence-corrected chi connectivity index (χ1v) is 11.7. The lowest BCUT2D eigenvalue weighted by molar-refractivity contribution is -0.140. The smallest absolute Gasteiger partial charge is 0.228 e. The number of fused-ring (bicyclic) bond motifs is 4. The average molecular weight is 450 g/mol. The van der Waals surface area contributed by atoms with Crippen LogP contribution in [0.2, 0.25) is 0 Å². The molecule has 0 fully saturated rings. The second-order valence-electron chi connectivity index (χ2n) is 8.76. The highest BCUT2D eigenvalue weighted by Crippen LogP contribution is 2.47. The third-order valence-corrected chi connectivity index (χ3v) is 7.91. The van der Waals surface area contributed by atoms with E-state index >= 15 is 0 Å². The van der Waals surface area contributed by atoms with Crippen molar-refractivity contribution in [3.05, 3.63) is 40.0 Å². The average Bonchev–Trinajstić information content (AvgIpc) is 3.41. The number of methoxy groups -OCH3 is 1. The van der Waals surface area contributed by atoms with E-state index in [9.17, 15) is 4.79 Å². The molecule has 1 atom stereocenters. The normalized spacial score (nSPS) is 19.0. The van der Waals surface area contributed by atoms with E-state index in [1.807, 2.05) is 26.4 Å². The molecule has 7 nitrogen and oxygen atoms in total. The van der Waals surface area contributed by atoms with Crippen molar-refractivity contribution in [1.29, 1.82) is 0 Å². The monoisotopic (exact) mass is 449 g/mol. The predicted molar refractivity (Wildman–Crippen MR) is 128 cm³/mol. The Morgan fingerprint density at radius 3 is 2.91 bits per heavy atom. The molecule has 1 amide bonds. The Hall–Kier alpha value is -3.00. The molecule has 5 rings (SSSR count). The topological polar surface area (TPSA) is 79.7 Å². The van der Waals surface area contributed by atoms with Gasteiger partial charge in [-0.2, -0.15) is 0 Å². The number of anilines is 2. The van der Waals surface area contributed by atoms with Crippen LogP contribution in [0.3, 0.4) is 0 Å². The number of amides is 1. The molecule has 0 unspecified atom stereocenters. The maximum Gasteiger partial charge on any atom is 0.228 e. The molecule has 1 aromatic carbocycles. The van der Waals surface area contributed by atoms with Gasteiger partial charge < -0.3 is 15.0 Å². The number of benzene rings is 1. The van der Waals surface area contributed by atoms with Crippen LogP contribution in [0.1, 0.15) is 41.3 Å². The van der Waals surface area contributed by atoms with Crippen LogP contribution in [0.15, 0.2) is 23.5 Å². The minimum atomic E-state index is -0.332. The van der Waals surface area contributed by atoms with Gasteiger partial charge in [0.1, 0.15) is 22.7 Å². The van der Waals surface area contributed by atoms with E-state index in [1.165, 1.54) is 10.4 Å². The minimum absolute atomic E-state index is 0.220. The van der Waals surface area contributed by atoms with Gasteiger partial charge in [-0.1, -0.05) is 6.92 Å². The lowest BCUT2D eigenvalue weighted by Gasteiger charge is -2.37. The van der Waals surface area contributed by atoms with Crippen LogP contribution in [-0.4, -0.2) is 48.2 Å². The van der Waals surface area contributed by atoms with Crippen molar-refractivity contribution in [2.45, 2.75) is 39.2 Å². The lowest BCUT2D eigenvalue weighted by Crippen LogP contribution is -2.43. The Morgan fingerprint density at radius 1 is 1.31 bits per heavy atom. The Labute approximate surface area is 191 Å². The Morgan fingerprint density at radius 2 is 2.16 bits per heavy atom. The molecule has 0 radical (unpaired) electrons. The molecule has 1 aliphatic heterocycles. The zero-order chi connectivity index (χ0) is 22.5. The number of carbonyl (C=O) groups is 1. The summed E-state index contributed by atoms with van der Waals surface area (Å²) in [4.78, 5) is 30.5. The highest BCUT2D eigenvalue weighted by Gasteiger charge is 2.42. The summed E-state index contributed by atoms with van der Waals surface area (Å²) < 4.78 is 5.64. The first-order valence-electron chi connectivity index (χ1n) is 10.9. The number of aliphatic imine (C=N–C) groups is 1. The van der Waals surface area contributed by atoms with Crippen LogP contribution in [0.25, 0.3) is 10.2 Å². The number of carbonyl (C=O) groups excluding carboxylic acids is 1. The fourth-order valence-corrected chi connectivity index (χ4v) is 6.27. The van der Waals surface area contributed by atoms with Gasteiger partial charge >= 0.3 is 0 Å². The fraction of sp³-hybridized carbons (Fsp3) is 0.417. The molecule has 0 spiro atoms. The molecule has 166 valence electrons. The van der Waals surface area contributed by atoms with Crippen LogP contribution < -0.4 is 10.1 Å². The van der Waals surface area contributed by atoms with Crippen LogP contribution in [0.5, 0.6) is 5.75 Å². The number of aryl methyl sites for hydroxylation is 1. The van der Waals surface area contributed by atoms with Crippen molar-refractivity contribution in [3.63, 3.8) is 0 Å². The quantitative estimate of drug-likeness (QED) is 0.626. The first-order chi connectivity index (χ1) is 15.5. The van der Waals surface area contributed by atoms with Gasteiger partial charge in [-0.05, 0) is 54.5 Å². The molecule has 0 saturated carbocycles. The predicted octanol–water partition coefficient (Wildman–Crippen LogP) is 4.35. The standard InChI is InChI=1S/C24H27N5O2S/c1-5-24(23(30)29(2)3)7-6-16-19(10-24)32-22-20(16)21(26-13-27-22)28-17-8-14-11-25-12-15(14)9-18(17)31-4/h8-9,11,13H,5-7,10,12H2,1-4H3,(H,26,27,28)/t24-/m0/s1. The summed E-state index contributed by atoms with van der Waals surface area (Å²) in [7, 11) is 5.38. The van der Waals surface area contributed by atoms with Crippen molar-refractivity contribution in [2.24, 2.45) is 10.4 Å². The number of hydrogen-bond acceptors (Lipinski definition) is 7. The van der Waals surface area contributed by atoms with Gasteiger partial charge in [0.25, 0.3) is 0 Å². The summed E-state index contributed by atoms with van der Waals surface area (Å²) in [6.45, 7) is 2.81. The Balaban J connectivity index is 1.56. The SMILES string of the molecule is CC[C@]1(C(=O)N(C)C)CCc2c(sc3ncnc(Nc4cc5c(cc4OC)CN=C5)c23)C1. The fourth-order valence-electron chi connectivity index (χ4n) is 4.94. The molecule has 3 aromatic rings. The molecule has 3 heterocycles. The van der Waals surface area contributed by atoms with Gasteiger partial charge in [0, 0.05) is 25.2 Å². The van der Waals surface area contributed by atoms with E-state index in [0.29, 0.717) is 6.54 Å². The van der Waals surface area contributed by atoms with E-state index in [1.54, 1.807) is 29.7 Å². The van der Waals surface area contributed by atoms with Crippen LogP contribution >= 0.6 is 11.3 Å². The molecule has 0 saturated heterocycles. The molecule has 2 aliphatic rings. The van der Waals surface area contributed by atoms with Crippen LogP contribution in [-0.2, 0) is 24.2 Å². The van der Waals surface area contributed by atoms with Crippen LogP contribution in [0, 0.1) is 5.41 Å². The minimum Gasteiger partial charge on any atom is -0.495 e. The third kappa shape index (κ3) is 3.24. The number of aromatic nitrogens is 2. The zero-order valence-corrected chi connectivity index (χ0v) is 19.7. The van der Waals surface area contributed by atoms with Crippen molar-refractivity contribution in [1.82, 2.24) is 14.9 Å². The molecule has 2 aromatic heterocycles. The van der Waals surface area contributed by atoms with Crippen molar-refractivity contribution >= 4 is 45.2 Å². The molecule has 32 heavy (non-hydrogen) atoms. The van der Waals surface area contributed by atoms with E-state index in [-0.39, 0.29) is 11.3 Å². The number of hydrogen-bond donors (Lipinski definition) is 1. The van der Waals surface area contributed by atoms with Crippen LogP contribution in [0.4, 0.5) is 11.5 Å². The summed E-state index contributed by atoms with van der Waals surface area (Å²) in [6.07, 6.45) is 6.78. The maximum absolute atomic E-state index is 13.0. The largest absolute Gasteiger partial charge is 0.495 e. The second kappa shape index (κ2) is 7.85. The van der Waals surface area contributed by atoms with Gasteiger partial charge in [-0.25, -0.2) is 9.97 Å². The molecule has 1 aliphatic carbocycles. The van der Waals surface area contributed by atoms with E-state index in [0.717, 1.165) is 64.3 Å². The number of nitrogens with zero attached hydrogens (tertiary/aromatic N) is 4. The second-order valence-corrected chi connectivity index (χ2v) is 9.85. The van der Waals surface area contributed by atoms with E-state index in [2.05, 4.69) is 33.3 Å². The highest BCUT2D eigenvalue weighted by atomic mass is 32.1. The summed E-state index contributed by atoms with van der Waals surface area (Å²) in [5.74, 6) is 1.77. The van der Waals surface area contributed by atoms with E-state index < -0.39 is 0 Å². The maximum atomic E-state index is 13.0. The lowest BCUT2D eigenvalue weighted by atomic mass is 9.71. The molecule has 1 N–H and O–H groups in total. The van der Waals surface area contributed by atoms with Crippen molar-refractivity contribution in [2.75, 3.05) is 26.5 Å². The number of ether oxygens (including phenoxy) is 1. The van der Waals surface area contributed by atoms with Crippen molar-refractivity contribution in [3.8, 4) is 5.75 Å². The summed E-state index contributed by atoms with van der Waals surface area (Å²) in [5.41, 5.74) is 4.06.